The number of nitrogens with one attached hydrogen (secondary N) is 2. The fourth-order valence-corrected chi connectivity index (χ4v) is 2.31. The summed E-state index contributed by atoms with van der Waals surface area (Å²) >= 11 is 0. The number of aromatic nitrogens is 1. The highest BCUT2D eigenvalue weighted by atomic mass is 16.5. The van der Waals surface area contributed by atoms with Crippen LogP contribution in [0.1, 0.15) is 17.3 Å². The van der Waals surface area contributed by atoms with Crippen molar-refractivity contribution in [2.24, 2.45) is 0 Å². The largest absolute Gasteiger partial charge is 0.492 e. The molecule has 0 aliphatic carbocycles. The second kappa shape index (κ2) is 5.93. The molecule has 0 spiro atoms. The van der Waals surface area contributed by atoms with Crippen LogP contribution in [0.4, 0.5) is 5.69 Å². The zero-order valence-electron chi connectivity index (χ0n) is 11.8. The van der Waals surface area contributed by atoms with E-state index in [1.54, 1.807) is 6.20 Å². The summed E-state index contributed by atoms with van der Waals surface area (Å²) in [5.74, 6) is 0.642. The third-order valence-electron chi connectivity index (χ3n) is 3.38. The van der Waals surface area contributed by atoms with Gasteiger partial charge in [-0.05, 0) is 25.1 Å². The predicted octanol–water partition coefficient (Wildman–Crippen LogP) is 2.05. The smallest absolute Gasteiger partial charge is 0.246 e. The molecule has 0 fully saturated rings. The van der Waals surface area contributed by atoms with Crippen molar-refractivity contribution >= 4 is 11.6 Å². The van der Waals surface area contributed by atoms with Crippen LogP contribution in [-0.2, 0) is 4.79 Å². The van der Waals surface area contributed by atoms with E-state index in [1.165, 1.54) is 0 Å². The molecule has 1 amide bonds. The first-order valence-electron chi connectivity index (χ1n) is 6.93. The van der Waals surface area contributed by atoms with Crippen LogP contribution in [0.2, 0.25) is 0 Å². The number of pyridine rings is 1. The van der Waals surface area contributed by atoms with Gasteiger partial charge in [0.15, 0.2) is 0 Å². The molecule has 2 aromatic rings. The Morgan fingerprint density at radius 2 is 2.19 bits per heavy atom. The Morgan fingerprint density at radius 3 is 3.00 bits per heavy atom. The Balaban J connectivity index is 1.82. The molecule has 5 nitrogen and oxygen atoms in total. The first-order valence-corrected chi connectivity index (χ1v) is 6.93. The Labute approximate surface area is 123 Å². The molecule has 1 aromatic carbocycles. The number of nitrogens with zero attached hydrogens (tertiary/aromatic N) is 1. The van der Waals surface area contributed by atoms with Crippen LogP contribution in [0.15, 0.2) is 42.6 Å². The van der Waals surface area contributed by atoms with Crippen LogP contribution in [0, 0.1) is 6.92 Å². The van der Waals surface area contributed by atoms with Crippen LogP contribution in [-0.4, -0.2) is 24.0 Å². The summed E-state index contributed by atoms with van der Waals surface area (Å²) in [5, 5.41) is 6.10. The second-order valence-corrected chi connectivity index (χ2v) is 4.95. The van der Waals surface area contributed by atoms with Crippen LogP contribution < -0.4 is 15.4 Å². The van der Waals surface area contributed by atoms with Gasteiger partial charge in [0, 0.05) is 17.8 Å². The first-order chi connectivity index (χ1) is 10.2. The standard InChI is InChI=1S/C16H17N3O2/c1-11-6-7-12(10-18-11)19-16(20)15-13-4-2-3-5-14(13)21-9-8-17-15/h2-7,10,15,17H,8-9H2,1H3,(H,19,20). The molecule has 0 radical (unpaired) electrons. The van der Waals surface area contributed by atoms with Gasteiger partial charge in [-0.1, -0.05) is 18.2 Å². The van der Waals surface area contributed by atoms with E-state index in [9.17, 15) is 4.79 Å². The van der Waals surface area contributed by atoms with Crippen LogP contribution in [0.5, 0.6) is 5.75 Å². The van der Waals surface area contributed by atoms with Gasteiger partial charge in [0.05, 0.1) is 11.9 Å². The summed E-state index contributed by atoms with van der Waals surface area (Å²) < 4.78 is 5.64. The van der Waals surface area contributed by atoms with Gasteiger partial charge in [-0.3, -0.25) is 15.1 Å². The van der Waals surface area contributed by atoms with Gasteiger partial charge in [-0.2, -0.15) is 0 Å². The molecule has 108 valence electrons. The van der Waals surface area contributed by atoms with Gasteiger partial charge in [-0.25, -0.2) is 0 Å². The molecule has 0 saturated carbocycles. The number of hydrogen-bond donors (Lipinski definition) is 2. The van der Waals surface area contributed by atoms with Crippen molar-refractivity contribution in [1.29, 1.82) is 0 Å². The summed E-state index contributed by atoms with van der Waals surface area (Å²) in [7, 11) is 0. The number of ether oxygens (including phenoxy) is 1. The van der Waals surface area contributed by atoms with E-state index < -0.39 is 6.04 Å². The number of hydrogen-bond acceptors (Lipinski definition) is 4. The molecule has 1 aliphatic rings. The maximum Gasteiger partial charge on any atom is 0.246 e. The van der Waals surface area contributed by atoms with E-state index in [2.05, 4.69) is 15.6 Å². The van der Waals surface area contributed by atoms with Gasteiger partial charge >= 0.3 is 0 Å². The molecule has 0 saturated heterocycles. The summed E-state index contributed by atoms with van der Waals surface area (Å²) in [6, 6.07) is 10.9. The highest BCUT2D eigenvalue weighted by molar-refractivity contribution is 5.95. The Hall–Kier alpha value is -2.40. The fourth-order valence-electron chi connectivity index (χ4n) is 2.31. The number of amides is 1. The van der Waals surface area contributed by atoms with Crippen LogP contribution in [0.25, 0.3) is 0 Å². The molecule has 0 bridgehead atoms. The molecule has 1 aliphatic heterocycles. The average Bonchev–Trinajstić information content (AvgIpc) is 2.72. The minimum atomic E-state index is -0.426. The monoisotopic (exact) mass is 283 g/mol. The van der Waals surface area contributed by atoms with Crippen molar-refractivity contribution in [3.8, 4) is 5.75 Å². The van der Waals surface area contributed by atoms with E-state index in [0.717, 1.165) is 17.0 Å². The van der Waals surface area contributed by atoms with Gasteiger partial charge < -0.3 is 10.1 Å². The van der Waals surface area contributed by atoms with Crippen molar-refractivity contribution < 1.29 is 9.53 Å². The minimum Gasteiger partial charge on any atom is -0.492 e. The molecule has 1 unspecified atom stereocenters. The van der Waals surface area contributed by atoms with Crippen LogP contribution in [0.3, 0.4) is 0 Å². The number of para-hydroxylation sites is 1. The van der Waals surface area contributed by atoms with E-state index in [-0.39, 0.29) is 5.91 Å². The Bertz CT molecular complexity index is 640. The molecule has 3 rings (SSSR count). The van der Waals surface area contributed by atoms with Gasteiger partial charge in [-0.15, -0.1) is 0 Å². The zero-order valence-corrected chi connectivity index (χ0v) is 11.8. The third kappa shape index (κ3) is 3.03. The lowest BCUT2D eigenvalue weighted by atomic mass is 10.1. The molecule has 1 aromatic heterocycles. The topological polar surface area (TPSA) is 63.2 Å². The van der Waals surface area contributed by atoms with E-state index in [1.807, 2.05) is 43.3 Å². The average molecular weight is 283 g/mol. The van der Waals surface area contributed by atoms with E-state index in [0.29, 0.717) is 18.8 Å². The van der Waals surface area contributed by atoms with Crippen molar-refractivity contribution in [2.75, 3.05) is 18.5 Å². The second-order valence-electron chi connectivity index (χ2n) is 4.95. The van der Waals surface area contributed by atoms with Gasteiger partial charge in [0.25, 0.3) is 0 Å². The summed E-state index contributed by atoms with van der Waals surface area (Å²) in [6.07, 6.45) is 1.66. The molecule has 2 N–H and O–H groups in total. The fraction of sp³-hybridized carbons (Fsp3) is 0.250. The molecule has 1 atom stereocenters. The third-order valence-corrected chi connectivity index (χ3v) is 3.38. The van der Waals surface area contributed by atoms with Crippen molar-refractivity contribution in [1.82, 2.24) is 10.3 Å². The SMILES string of the molecule is Cc1ccc(NC(=O)C2NCCOc3ccccc32)cn1. The molecular formula is C16H17N3O2. The number of fused-ring (bicyclic) bond motifs is 1. The maximum absolute atomic E-state index is 12.5. The maximum atomic E-state index is 12.5. The van der Waals surface area contributed by atoms with Crippen molar-refractivity contribution in [2.45, 2.75) is 13.0 Å². The lowest BCUT2D eigenvalue weighted by Crippen LogP contribution is -2.33. The highest BCUT2D eigenvalue weighted by Crippen LogP contribution is 2.27. The minimum absolute atomic E-state index is 0.112. The van der Waals surface area contributed by atoms with Crippen molar-refractivity contribution in [3.63, 3.8) is 0 Å². The molecule has 21 heavy (non-hydrogen) atoms. The molecule has 5 heteroatoms. The van der Waals surface area contributed by atoms with E-state index in [4.69, 9.17) is 4.74 Å². The zero-order chi connectivity index (χ0) is 14.7. The van der Waals surface area contributed by atoms with E-state index >= 15 is 0 Å². The Kier molecular flexibility index (Phi) is 3.83. The quantitative estimate of drug-likeness (QED) is 0.885. The lowest BCUT2D eigenvalue weighted by molar-refractivity contribution is -0.118. The molecule has 2 heterocycles. The highest BCUT2D eigenvalue weighted by Gasteiger charge is 2.25. The summed E-state index contributed by atoms with van der Waals surface area (Å²) in [5.41, 5.74) is 2.46. The Morgan fingerprint density at radius 1 is 1.33 bits per heavy atom. The number of anilines is 1. The number of aryl methyl sites for hydroxylation is 1. The normalized spacial score (nSPS) is 17.3. The number of carbonyl (C=O) groups is 1. The lowest BCUT2D eigenvalue weighted by Gasteiger charge is -2.17. The van der Waals surface area contributed by atoms with Crippen LogP contribution >= 0.6 is 0 Å². The van der Waals surface area contributed by atoms with Gasteiger partial charge in [0.1, 0.15) is 18.4 Å². The van der Waals surface area contributed by atoms with Gasteiger partial charge in [0.2, 0.25) is 5.91 Å². The van der Waals surface area contributed by atoms with Crippen molar-refractivity contribution in [3.05, 3.63) is 53.9 Å². The first kappa shape index (κ1) is 13.6. The number of benzene rings is 1. The number of carbonyl (C=O) groups excluding carboxylic acids is 1. The number of rotatable bonds is 2. The summed E-state index contributed by atoms with van der Waals surface area (Å²) in [6.45, 7) is 3.08. The summed E-state index contributed by atoms with van der Waals surface area (Å²) in [4.78, 5) is 16.7. The predicted molar refractivity (Wildman–Crippen MR) is 80.3 cm³/mol. The molecular weight excluding hydrogens is 266 g/mol.